The molecule has 0 amide bonds. The molecule has 3 nitrogen and oxygen atoms in total. The Bertz CT molecular complexity index is 701. The number of likely N-dealkylation sites (tertiary alicyclic amines) is 1. The highest BCUT2D eigenvalue weighted by Gasteiger charge is 2.31. The van der Waals surface area contributed by atoms with Gasteiger partial charge in [-0.15, -0.1) is 0 Å². The van der Waals surface area contributed by atoms with Crippen LogP contribution in [0, 0.1) is 0 Å². The predicted octanol–water partition coefficient (Wildman–Crippen LogP) is 3.51. The van der Waals surface area contributed by atoms with Gasteiger partial charge in [0.05, 0.1) is 0 Å². The monoisotopic (exact) mass is 348 g/mol. The third-order valence-corrected chi connectivity index (χ3v) is 6.55. The molecule has 3 aliphatic rings. The normalized spacial score (nSPS) is 24.5. The number of ether oxygens (including phenoxy) is 1. The molecule has 136 valence electrons. The molecule has 26 heavy (non-hydrogen) atoms. The molecule has 0 spiro atoms. The van der Waals surface area contributed by atoms with E-state index in [1.165, 1.54) is 44.5 Å². The van der Waals surface area contributed by atoms with E-state index in [4.69, 9.17) is 4.74 Å². The number of fused-ring (bicyclic) bond motifs is 2. The molecular weight excluding hydrogens is 320 g/mol. The summed E-state index contributed by atoms with van der Waals surface area (Å²) >= 11 is 0. The zero-order valence-corrected chi connectivity index (χ0v) is 15.4. The van der Waals surface area contributed by atoms with Crippen molar-refractivity contribution in [3.8, 4) is 5.75 Å². The van der Waals surface area contributed by atoms with Crippen LogP contribution in [-0.2, 0) is 19.4 Å². The average Bonchev–Trinajstić information content (AvgIpc) is 2.73. The second kappa shape index (κ2) is 7.05. The van der Waals surface area contributed by atoms with Crippen LogP contribution in [0.1, 0.15) is 29.5 Å². The summed E-state index contributed by atoms with van der Waals surface area (Å²) in [6, 6.07) is 18.8. The highest BCUT2D eigenvalue weighted by atomic mass is 16.5. The van der Waals surface area contributed by atoms with E-state index in [1.807, 2.05) is 0 Å². The van der Waals surface area contributed by atoms with Crippen LogP contribution in [-0.4, -0.2) is 48.1 Å². The molecule has 3 aliphatic heterocycles. The van der Waals surface area contributed by atoms with E-state index in [0.29, 0.717) is 6.04 Å². The Morgan fingerprint density at radius 2 is 1.46 bits per heavy atom. The summed E-state index contributed by atoms with van der Waals surface area (Å²) in [7, 11) is 0. The van der Waals surface area contributed by atoms with Crippen LogP contribution in [0.15, 0.2) is 48.5 Å². The average molecular weight is 348 g/mol. The van der Waals surface area contributed by atoms with Crippen molar-refractivity contribution >= 4 is 0 Å². The van der Waals surface area contributed by atoms with Gasteiger partial charge in [0.15, 0.2) is 0 Å². The number of rotatable bonds is 2. The lowest BCUT2D eigenvalue weighted by Gasteiger charge is -2.43. The van der Waals surface area contributed by atoms with Gasteiger partial charge in [0.25, 0.3) is 0 Å². The molecule has 0 saturated carbocycles. The Hall–Kier alpha value is -1.84. The minimum Gasteiger partial charge on any atom is -0.492 e. The quantitative estimate of drug-likeness (QED) is 0.826. The first kappa shape index (κ1) is 16.3. The van der Waals surface area contributed by atoms with Crippen molar-refractivity contribution < 1.29 is 4.74 Å². The molecule has 0 N–H and O–H groups in total. The summed E-state index contributed by atoms with van der Waals surface area (Å²) in [5, 5.41) is 0. The number of benzene rings is 2. The fraction of sp³-hybridized carbons (Fsp3) is 0.478. The van der Waals surface area contributed by atoms with Gasteiger partial charge in [0.2, 0.25) is 0 Å². The van der Waals surface area contributed by atoms with E-state index >= 15 is 0 Å². The van der Waals surface area contributed by atoms with Crippen LogP contribution in [0.25, 0.3) is 0 Å². The van der Waals surface area contributed by atoms with Crippen molar-refractivity contribution in [1.29, 1.82) is 0 Å². The lowest BCUT2D eigenvalue weighted by molar-refractivity contribution is 0.0534. The van der Waals surface area contributed by atoms with Gasteiger partial charge in [0.1, 0.15) is 12.4 Å². The molecule has 1 atom stereocenters. The van der Waals surface area contributed by atoms with Crippen molar-refractivity contribution in [3.63, 3.8) is 0 Å². The van der Waals surface area contributed by atoms with Crippen molar-refractivity contribution in [2.24, 2.45) is 0 Å². The maximum atomic E-state index is 6.02. The van der Waals surface area contributed by atoms with Crippen LogP contribution >= 0.6 is 0 Å². The van der Waals surface area contributed by atoms with Crippen molar-refractivity contribution in [1.82, 2.24) is 9.80 Å². The maximum Gasteiger partial charge on any atom is 0.122 e. The molecule has 3 heteroatoms. The molecule has 0 radical (unpaired) electrons. The first-order chi connectivity index (χ1) is 12.9. The smallest absolute Gasteiger partial charge is 0.122 e. The number of para-hydroxylation sites is 1. The van der Waals surface area contributed by atoms with E-state index in [9.17, 15) is 0 Å². The summed E-state index contributed by atoms with van der Waals surface area (Å²) in [5.41, 5.74) is 4.47. The van der Waals surface area contributed by atoms with Crippen LogP contribution in [0.2, 0.25) is 0 Å². The van der Waals surface area contributed by atoms with Crippen molar-refractivity contribution in [2.75, 3.05) is 26.2 Å². The fourth-order valence-corrected chi connectivity index (χ4v) is 4.99. The second-order valence-electron chi connectivity index (χ2n) is 8.03. The molecule has 2 aromatic rings. The lowest BCUT2D eigenvalue weighted by atomic mass is 9.94. The fourth-order valence-electron chi connectivity index (χ4n) is 4.99. The summed E-state index contributed by atoms with van der Waals surface area (Å²) in [5.74, 6) is 1.09. The van der Waals surface area contributed by atoms with Gasteiger partial charge >= 0.3 is 0 Å². The highest BCUT2D eigenvalue weighted by molar-refractivity contribution is 5.35. The van der Waals surface area contributed by atoms with E-state index < -0.39 is 0 Å². The van der Waals surface area contributed by atoms with Crippen LogP contribution in [0.5, 0.6) is 5.75 Å². The van der Waals surface area contributed by atoms with E-state index in [0.717, 1.165) is 31.4 Å². The zero-order chi connectivity index (χ0) is 17.3. The van der Waals surface area contributed by atoms with Gasteiger partial charge in [-0.2, -0.15) is 0 Å². The van der Waals surface area contributed by atoms with Gasteiger partial charge in [-0.25, -0.2) is 0 Å². The zero-order valence-electron chi connectivity index (χ0n) is 15.4. The predicted molar refractivity (Wildman–Crippen MR) is 105 cm³/mol. The van der Waals surface area contributed by atoms with Gasteiger partial charge in [-0.05, 0) is 48.4 Å². The second-order valence-corrected chi connectivity index (χ2v) is 8.03. The summed E-state index contributed by atoms with van der Waals surface area (Å²) < 4.78 is 6.02. The Kier molecular flexibility index (Phi) is 4.43. The molecule has 2 aromatic carbocycles. The SMILES string of the molecule is c1ccc2c(c1)CCN(C1CCN(C3COc4ccccc4C3)CC1)C2. The Morgan fingerprint density at radius 3 is 2.31 bits per heavy atom. The van der Waals surface area contributed by atoms with Gasteiger partial charge in [-0.3, -0.25) is 9.80 Å². The van der Waals surface area contributed by atoms with Gasteiger partial charge in [-0.1, -0.05) is 42.5 Å². The molecule has 1 unspecified atom stereocenters. The number of hydrogen-bond acceptors (Lipinski definition) is 3. The Balaban J connectivity index is 1.19. The summed E-state index contributed by atoms with van der Waals surface area (Å²) in [4.78, 5) is 5.40. The van der Waals surface area contributed by atoms with E-state index in [-0.39, 0.29) is 0 Å². The molecule has 0 aromatic heterocycles. The van der Waals surface area contributed by atoms with E-state index in [1.54, 1.807) is 11.1 Å². The Morgan fingerprint density at radius 1 is 0.731 bits per heavy atom. The maximum absolute atomic E-state index is 6.02. The molecule has 1 fully saturated rings. The molecule has 3 heterocycles. The van der Waals surface area contributed by atoms with Crippen LogP contribution in [0.3, 0.4) is 0 Å². The first-order valence-electron chi connectivity index (χ1n) is 10.1. The van der Waals surface area contributed by atoms with Gasteiger partial charge in [0, 0.05) is 38.3 Å². The van der Waals surface area contributed by atoms with Crippen LogP contribution in [0.4, 0.5) is 0 Å². The third kappa shape index (κ3) is 3.15. The molecule has 5 rings (SSSR count). The summed E-state index contributed by atoms with van der Waals surface area (Å²) in [6.45, 7) is 5.62. The minimum atomic E-state index is 0.549. The number of nitrogens with zero attached hydrogens (tertiary/aromatic N) is 2. The first-order valence-corrected chi connectivity index (χ1v) is 10.1. The number of hydrogen-bond donors (Lipinski definition) is 0. The third-order valence-electron chi connectivity index (χ3n) is 6.55. The standard InChI is InChI=1S/C23H28N2O/c1-2-7-20-16-25(12-9-18(20)5-1)21-10-13-24(14-11-21)22-15-19-6-3-4-8-23(19)26-17-22/h1-8,21-22H,9-17H2. The molecule has 0 aliphatic carbocycles. The van der Waals surface area contributed by atoms with Crippen LogP contribution < -0.4 is 4.74 Å². The highest BCUT2D eigenvalue weighted by Crippen LogP contribution is 2.29. The largest absolute Gasteiger partial charge is 0.492 e. The van der Waals surface area contributed by atoms with E-state index in [2.05, 4.69) is 58.3 Å². The lowest BCUT2D eigenvalue weighted by Crippen LogP contribution is -2.51. The Labute approximate surface area is 156 Å². The van der Waals surface area contributed by atoms with Crippen molar-refractivity contribution in [3.05, 3.63) is 65.2 Å². The molecular formula is C23H28N2O. The molecule has 0 bridgehead atoms. The minimum absolute atomic E-state index is 0.549. The summed E-state index contributed by atoms with van der Waals surface area (Å²) in [6.07, 6.45) is 4.93. The topological polar surface area (TPSA) is 15.7 Å². The molecule has 1 saturated heterocycles. The van der Waals surface area contributed by atoms with Crippen molar-refractivity contribution in [2.45, 2.75) is 44.3 Å². The van der Waals surface area contributed by atoms with Gasteiger partial charge < -0.3 is 4.74 Å². The number of piperidine rings is 1.